The Hall–Kier alpha value is -0.910. The zero-order chi connectivity index (χ0) is 13.3. The van der Waals surface area contributed by atoms with Gasteiger partial charge >= 0.3 is 0 Å². The molecule has 3 rings (SSSR count). The van der Waals surface area contributed by atoms with Crippen LogP contribution in [0.1, 0.15) is 37.8 Å². The van der Waals surface area contributed by atoms with E-state index < -0.39 is 0 Å². The summed E-state index contributed by atoms with van der Waals surface area (Å²) in [7, 11) is 0. The minimum absolute atomic E-state index is 0.0593. The van der Waals surface area contributed by atoms with Crippen LogP contribution >= 0.6 is 0 Å². The van der Waals surface area contributed by atoms with Crippen LogP contribution in [0.25, 0.3) is 0 Å². The monoisotopic (exact) mass is 265 g/mol. The lowest BCUT2D eigenvalue weighted by Crippen LogP contribution is -2.41. The van der Waals surface area contributed by atoms with Crippen LogP contribution in [0, 0.1) is 0 Å². The van der Waals surface area contributed by atoms with Gasteiger partial charge in [0.15, 0.2) is 0 Å². The summed E-state index contributed by atoms with van der Waals surface area (Å²) in [6.07, 6.45) is 8.02. The van der Waals surface area contributed by atoms with Crippen LogP contribution in [0.3, 0.4) is 0 Å². The first-order chi connectivity index (χ1) is 9.17. The third-order valence-corrected chi connectivity index (χ3v) is 4.12. The van der Waals surface area contributed by atoms with Crippen LogP contribution in [0.4, 0.5) is 0 Å². The Morgan fingerprint density at radius 1 is 1.58 bits per heavy atom. The van der Waals surface area contributed by atoms with Crippen LogP contribution in [0.5, 0.6) is 0 Å². The van der Waals surface area contributed by atoms with Gasteiger partial charge in [-0.25, -0.2) is 0 Å². The normalized spacial score (nSPS) is 32.8. The molecule has 3 unspecified atom stereocenters. The van der Waals surface area contributed by atoms with Crippen molar-refractivity contribution in [3.05, 3.63) is 18.0 Å². The highest BCUT2D eigenvalue weighted by atomic mass is 16.6. The fourth-order valence-corrected chi connectivity index (χ4v) is 3.15. The molecule has 2 aliphatic rings. The molecule has 0 bridgehead atoms. The largest absolute Gasteiger partial charge is 0.378 e. The average molecular weight is 265 g/mol. The van der Waals surface area contributed by atoms with E-state index in [1.165, 1.54) is 5.56 Å². The van der Waals surface area contributed by atoms with Gasteiger partial charge in [0, 0.05) is 38.3 Å². The van der Waals surface area contributed by atoms with Gasteiger partial charge in [-0.3, -0.25) is 4.68 Å². The molecule has 1 spiro atoms. The van der Waals surface area contributed by atoms with Crippen molar-refractivity contribution in [1.82, 2.24) is 9.78 Å². The van der Waals surface area contributed by atoms with Crippen LogP contribution in [0.2, 0.25) is 0 Å². The fourth-order valence-electron chi connectivity index (χ4n) is 3.15. The average Bonchev–Trinajstić information content (AvgIpc) is 2.99. The Labute approximate surface area is 114 Å². The van der Waals surface area contributed by atoms with E-state index in [4.69, 9.17) is 15.2 Å². The molecule has 0 amide bonds. The predicted octanol–water partition coefficient (Wildman–Crippen LogP) is 1.28. The van der Waals surface area contributed by atoms with E-state index in [1.54, 1.807) is 0 Å². The van der Waals surface area contributed by atoms with Gasteiger partial charge in [0.05, 0.1) is 24.4 Å². The lowest BCUT2D eigenvalue weighted by molar-refractivity contribution is -0.0962. The lowest BCUT2D eigenvalue weighted by Gasteiger charge is -2.37. The summed E-state index contributed by atoms with van der Waals surface area (Å²) in [5, 5.41) is 4.51. The zero-order valence-electron chi connectivity index (χ0n) is 11.5. The third kappa shape index (κ3) is 2.83. The van der Waals surface area contributed by atoms with E-state index in [1.807, 2.05) is 13.1 Å². The fraction of sp³-hybridized carbons (Fsp3) is 0.786. The van der Waals surface area contributed by atoms with Crippen molar-refractivity contribution in [2.75, 3.05) is 19.8 Å². The van der Waals surface area contributed by atoms with Gasteiger partial charge in [0.25, 0.3) is 0 Å². The molecule has 1 aromatic rings. The maximum atomic E-state index is 5.96. The van der Waals surface area contributed by atoms with Crippen molar-refractivity contribution in [1.29, 1.82) is 0 Å². The Balaban J connectivity index is 1.69. The van der Waals surface area contributed by atoms with Crippen molar-refractivity contribution in [3.63, 3.8) is 0 Å². The number of hydrogen-bond donors (Lipinski definition) is 1. The Kier molecular flexibility index (Phi) is 3.60. The minimum Gasteiger partial charge on any atom is -0.378 e. The van der Waals surface area contributed by atoms with Gasteiger partial charge in [-0.05, 0) is 25.3 Å². The van der Waals surface area contributed by atoms with Crippen molar-refractivity contribution >= 4 is 0 Å². The van der Waals surface area contributed by atoms with E-state index in [9.17, 15) is 0 Å². The highest BCUT2D eigenvalue weighted by Crippen LogP contribution is 2.37. The molecule has 1 aromatic heterocycles. The molecule has 0 aliphatic carbocycles. The molecule has 0 saturated carbocycles. The summed E-state index contributed by atoms with van der Waals surface area (Å²) >= 11 is 0. The van der Waals surface area contributed by atoms with Crippen LogP contribution in [-0.2, 0) is 15.9 Å². The van der Waals surface area contributed by atoms with E-state index in [2.05, 4.69) is 16.0 Å². The summed E-state index contributed by atoms with van der Waals surface area (Å²) in [5.41, 5.74) is 6.99. The molecule has 3 atom stereocenters. The SMILES string of the molecule is CC(N)Cc1cnn(C2CCOC3(CCOC3)C2)c1. The van der Waals surface area contributed by atoms with E-state index >= 15 is 0 Å². The molecule has 0 aromatic carbocycles. The number of ether oxygens (including phenoxy) is 2. The first-order valence-corrected chi connectivity index (χ1v) is 7.17. The standard InChI is InChI=1S/C14H23N3O2/c1-11(15)6-12-8-16-17(9-12)13-2-4-19-14(7-13)3-5-18-10-14/h8-9,11,13H,2-7,10,15H2,1H3. The molecular formula is C14H23N3O2. The summed E-state index contributed by atoms with van der Waals surface area (Å²) in [4.78, 5) is 0. The molecule has 2 N–H and O–H groups in total. The van der Waals surface area contributed by atoms with Crippen LogP contribution < -0.4 is 5.73 Å². The second kappa shape index (κ2) is 5.23. The number of aromatic nitrogens is 2. The first kappa shape index (κ1) is 13.1. The molecule has 19 heavy (non-hydrogen) atoms. The number of hydrogen-bond acceptors (Lipinski definition) is 4. The molecule has 0 radical (unpaired) electrons. The van der Waals surface area contributed by atoms with Gasteiger partial charge in [-0.2, -0.15) is 5.10 Å². The van der Waals surface area contributed by atoms with Crippen molar-refractivity contribution in [2.45, 2.75) is 50.3 Å². The number of rotatable bonds is 3. The molecular weight excluding hydrogens is 242 g/mol. The molecule has 5 heteroatoms. The summed E-state index contributed by atoms with van der Waals surface area (Å²) < 4.78 is 13.6. The van der Waals surface area contributed by atoms with Gasteiger partial charge in [0.2, 0.25) is 0 Å². The second-order valence-corrected chi connectivity index (χ2v) is 5.99. The topological polar surface area (TPSA) is 62.3 Å². The highest BCUT2D eigenvalue weighted by molar-refractivity contribution is 5.07. The smallest absolute Gasteiger partial charge is 0.0957 e. The molecule has 2 aliphatic heterocycles. The number of nitrogens with two attached hydrogens (primary N) is 1. The predicted molar refractivity (Wildman–Crippen MR) is 72.0 cm³/mol. The van der Waals surface area contributed by atoms with E-state index in [0.29, 0.717) is 6.04 Å². The third-order valence-electron chi connectivity index (χ3n) is 4.12. The van der Waals surface area contributed by atoms with Gasteiger partial charge in [0.1, 0.15) is 0 Å². The van der Waals surface area contributed by atoms with Crippen LogP contribution in [0.15, 0.2) is 12.4 Å². The molecule has 106 valence electrons. The molecule has 5 nitrogen and oxygen atoms in total. The Morgan fingerprint density at radius 3 is 3.21 bits per heavy atom. The van der Waals surface area contributed by atoms with E-state index in [-0.39, 0.29) is 11.6 Å². The maximum Gasteiger partial charge on any atom is 0.0957 e. The first-order valence-electron chi connectivity index (χ1n) is 7.17. The lowest BCUT2D eigenvalue weighted by atomic mass is 9.90. The van der Waals surface area contributed by atoms with Gasteiger partial charge in [-0.1, -0.05) is 0 Å². The summed E-state index contributed by atoms with van der Waals surface area (Å²) in [6.45, 7) is 4.38. The summed E-state index contributed by atoms with van der Waals surface area (Å²) in [6, 6.07) is 0.610. The zero-order valence-corrected chi connectivity index (χ0v) is 11.5. The molecule has 2 saturated heterocycles. The number of nitrogens with zero attached hydrogens (tertiary/aromatic N) is 2. The van der Waals surface area contributed by atoms with Gasteiger partial charge < -0.3 is 15.2 Å². The molecule has 3 heterocycles. The van der Waals surface area contributed by atoms with Crippen molar-refractivity contribution in [3.8, 4) is 0 Å². The maximum absolute atomic E-state index is 5.96. The van der Waals surface area contributed by atoms with Crippen LogP contribution in [-0.4, -0.2) is 41.2 Å². The van der Waals surface area contributed by atoms with E-state index in [0.717, 1.165) is 45.5 Å². The highest BCUT2D eigenvalue weighted by Gasteiger charge is 2.41. The second-order valence-electron chi connectivity index (χ2n) is 5.99. The quantitative estimate of drug-likeness (QED) is 0.894. The Bertz CT molecular complexity index is 424. The Morgan fingerprint density at radius 2 is 2.47 bits per heavy atom. The van der Waals surface area contributed by atoms with Crippen molar-refractivity contribution in [2.24, 2.45) is 5.73 Å². The summed E-state index contributed by atoms with van der Waals surface area (Å²) in [5.74, 6) is 0. The minimum atomic E-state index is -0.0593. The molecule has 2 fully saturated rings. The van der Waals surface area contributed by atoms with Crippen molar-refractivity contribution < 1.29 is 9.47 Å². The van der Waals surface area contributed by atoms with Gasteiger partial charge in [-0.15, -0.1) is 0 Å².